The molecule has 0 saturated carbocycles. The first-order valence-corrected chi connectivity index (χ1v) is 11.9. The van der Waals surface area contributed by atoms with E-state index in [4.69, 9.17) is 23.7 Å². The van der Waals surface area contributed by atoms with Crippen LogP contribution in [0.1, 0.15) is 56.1 Å². The molecule has 1 aromatic carbocycles. The second-order valence-corrected chi connectivity index (χ2v) is 9.69. The largest absolute Gasteiger partial charge is 0.497 e. The molecule has 0 radical (unpaired) electrons. The zero-order chi connectivity index (χ0) is 22.8. The maximum Gasteiger partial charge on any atom is 0.351 e. The zero-order valence-corrected chi connectivity index (χ0v) is 19.1. The van der Waals surface area contributed by atoms with Crippen molar-refractivity contribution in [1.82, 2.24) is 4.90 Å². The van der Waals surface area contributed by atoms with Crippen molar-refractivity contribution in [3.05, 3.63) is 35.1 Å². The average molecular weight is 456 g/mol. The lowest BCUT2D eigenvalue weighted by Gasteiger charge is -2.41. The van der Waals surface area contributed by atoms with Gasteiger partial charge in [0.25, 0.3) is 0 Å². The molecule has 1 aromatic rings. The first kappa shape index (κ1) is 20.8. The molecule has 0 bridgehead atoms. The molecule has 4 aliphatic heterocycles. The summed E-state index contributed by atoms with van der Waals surface area (Å²) < 4.78 is 28.7. The summed E-state index contributed by atoms with van der Waals surface area (Å²) in [6.07, 6.45) is 5.72. The Morgan fingerprint density at radius 2 is 2.03 bits per heavy atom. The van der Waals surface area contributed by atoms with Gasteiger partial charge in [-0.3, -0.25) is 9.69 Å². The number of benzene rings is 1. The molecule has 0 amide bonds. The smallest absolute Gasteiger partial charge is 0.351 e. The van der Waals surface area contributed by atoms with Crippen molar-refractivity contribution in [2.45, 2.75) is 68.6 Å². The molecule has 4 atom stereocenters. The highest BCUT2D eigenvalue weighted by molar-refractivity contribution is 5.93. The van der Waals surface area contributed by atoms with E-state index in [1.807, 2.05) is 6.92 Å². The molecule has 2 fully saturated rings. The summed E-state index contributed by atoms with van der Waals surface area (Å²) in [5, 5.41) is 0. The quantitative estimate of drug-likeness (QED) is 0.627. The molecule has 8 heteroatoms. The molecule has 176 valence electrons. The molecule has 6 rings (SSSR count). The third-order valence-corrected chi connectivity index (χ3v) is 7.96. The Labute approximate surface area is 192 Å². The third-order valence-electron chi connectivity index (χ3n) is 7.96. The minimum absolute atomic E-state index is 0.0651. The van der Waals surface area contributed by atoms with Crippen molar-refractivity contribution in [2.75, 3.05) is 27.0 Å². The molecule has 8 nitrogen and oxygen atoms in total. The van der Waals surface area contributed by atoms with E-state index in [9.17, 15) is 9.59 Å². The van der Waals surface area contributed by atoms with E-state index in [1.165, 1.54) is 5.56 Å². The van der Waals surface area contributed by atoms with Crippen molar-refractivity contribution in [2.24, 2.45) is 0 Å². The highest BCUT2D eigenvalue weighted by atomic mass is 16.7. The van der Waals surface area contributed by atoms with Crippen LogP contribution in [0.5, 0.6) is 11.5 Å². The monoisotopic (exact) mass is 455 g/mol. The van der Waals surface area contributed by atoms with E-state index in [2.05, 4.69) is 23.1 Å². The summed E-state index contributed by atoms with van der Waals surface area (Å²) in [6, 6.07) is 4.13. The van der Waals surface area contributed by atoms with Crippen LogP contribution in [0.4, 0.5) is 0 Å². The first-order chi connectivity index (χ1) is 16.0. The molecule has 0 aromatic heterocycles. The summed E-state index contributed by atoms with van der Waals surface area (Å²) in [5.74, 6) is 1.16. The van der Waals surface area contributed by atoms with Crippen molar-refractivity contribution in [3.63, 3.8) is 0 Å². The fourth-order valence-electron chi connectivity index (χ4n) is 6.52. The van der Waals surface area contributed by atoms with Gasteiger partial charge in [0.15, 0.2) is 17.6 Å². The maximum atomic E-state index is 13.4. The predicted molar refractivity (Wildman–Crippen MR) is 116 cm³/mol. The second-order valence-electron chi connectivity index (χ2n) is 9.69. The van der Waals surface area contributed by atoms with E-state index in [1.54, 1.807) is 7.11 Å². The van der Waals surface area contributed by atoms with Crippen LogP contribution in [0.3, 0.4) is 0 Å². The Bertz CT molecular complexity index is 1040. The maximum absolute atomic E-state index is 13.4. The van der Waals surface area contributed by atoms with E-state index in [-0.39, 0.29) is 30.6 Å². The summed E-state index contributed by atoms with van der Waals surface area (Å²) in [5.41, 5.74) is 0.824. The van der Waals surface area contributed by atoms with Crippen LogP contribution < -0.4 is 9.47 Å². The SMILES string of the molecule is CCC[C@@]1(C(=O)O[C@@H]2C(OC)=C[C@]34CCCN3CCc3cc5c(cc3[C@H]24)OCO5)CC(=O)O1. The fourth-order valence-corrected chi connectivity index (χ4v) is 6.52. The Morgan fingerprint density at radius 1 is 1.24 bits per heavy atom. The van der Waals surface area contributed by atoms with E-state index in [0.29, 0.717) is 18.6 Å². The van der Waals surface area contributed by atoms with Gasteiger partial charge in [-0.25, -0.2) is 4.79 Å². The summed E-state index contributed by atoms with van der Waals surface area (Å²) in [6.45, 7) is 4.08. The molecule has 2 saturated heterocycles. The lowest BCUT2D eigenvalue weighted by molar-refractivity contribution is -0.212. The van der Waals surface area contributed by atoms with Crippen molar-refractivity contribution in [1.29, 1.82) is 0 Å². The number of cyclic esters (lactones) is 1. The predicted octanol–water partition coefficient (Wildman–Crippen LogP) is 2.83. The number of rotatable bonds is 5. The number of nitrogens with zero attached hydrogens (tertiary/aromatic N) is 1. The molecule has 33 heavy (non-hydrogen) atoms. The van der Waals surface area contributed by atoms with Gasteiger partial charge in [-0.1, -0.05) is 13.3 Å². The lowest BCUT2D eigenvalue weighted by Crippen LogP contribution is -2.56. The molecule has 5 aliphatic rings. The van der Waals surface area contributed by atoms with E-state index in [0.717, 1.165) is 49.4 Å². The number of methoxy groups -OCH3 is 1. The van der Waals surface area contributed by atoms with Crippen LogP contribution in [0.2, 0.25) is 0 Å². The summed E-state index contributed by atoms with van der Waals surface area (Å²) in [7, 11) is 1.62. The van der Waals surface area contributed by atoms with Gasteiger partial charge in [0.2, 0.25) is 12.4 Å². The lowest BCUT2D eigenvalue weighted by atomic mass is 9.77. The topological polar surface area (TPSA) is 83.5 Å². The summed E-state index contributed by atoms with van der Waals surface area (Å²) in [4.78, 5) is 27.6. The van der Waals surface area contributed by atoms with Gasteiger partial charge < -0.3 is 23.7 Å². The number of ether oxygens (including phenoxy) is 5. The number of hydrogen-bond acceptors (Lipinski definition) is 8. The van der Waals surface area contributed by atoms with Crippen molar-refractivity contribution in [3.8, 4) is 11.5 Å². The van der Waals surface area contributed by atoms with E-state index >= 15 is 0 Å². The number of carbonyl (C=O) groups is 2. The van der Waals surface area contributed by atoms with Gasteiger partial charge in [0.05, 0.1) is 25.0 Å². The van der Waals surface area contributed by atoms with Gasteiger partial charge in [-0.05, 0) is 61.6 Å². The van der Waals surface area contributed by atoms with Gasteiger partial charge in [-0.15, -0.1) is 0 Å². The fraction of sp³-hybridized carbons (Fsp3) is 0.600. The van der Waals surface area contributed by atoms with Crippen LogP contribution in [0.25, 0.3) is 0 Å². The second kappa shape index (κ2) is 7.38. The Balaban J connectivity index is 1.42. The number of hydrogen-bond donors (Lipinski definition) is 0. The zero-order valence-electron chi connectivity index (χ0n) is 19.1. The average Bonchev–Trinajstić information content (AvgIpc) is 3.46. The van der Waals surface area contributed by atoms with Gasteiger partial charge >= 0.3 is 11.9 Å². The van der Waals surface area contributed by atoms with Crippen LogP contribution in [0.15, 0.2) is 24.0 Å². The minimum atomic E-state index is -1.18. The molecule has 0 unspecified atom stereocenters. The summed E-state index contributed by atoms with van der Waals surface area (Å²) >= 11 is 0. The number of fused-ring (bicyclic) bond motifs is 3. The molecular formula is C25H29NO7. The standard InChI is InChI=1S/C25H29NO7/c1-3-6-25(13-20(27)33-25)23(28)32-22-19(29-2)12-24-7-4-8-26(24)9-5-15-10-17-18(31-14-30-17)11-16(15)21(22)24/h10-12,21-22H,3-9,13-14H2,1-2H3/t21-,22-,24+,25+/m1/s1. The number of carbonyl (C=O) groups excluding carboxylic acids is 2. The van der Waals surface area contributed by atoms with Crippen LogP contribution in [-0.2, 0) is 30.2 Å². The molecular weight excluding hydrogens is 426 g/mol. The van der Waals surface area contributed by atoms with Crippen LogP contribution in [-0.4, -0.2) is 61.1 Å². The van der Waals surface area contributed by atoms with Crippen LogP contribution >= 0.6 is 0 Å². The third kappa shape index (κ3) is 2.92. The van der Waals surface area contributed by atoms with Crippen LogP contribution in [0, 0.1) is 0 Å². The molecule has 1 aliphatic carbocycles. The first-order valence-electron chi connectivity index (χ1n) is 11.9. The Kier molecular flexibility index (Phi) is 4.66. The van der Waals surface area contributed by atoms with Crippen molar-refractivity contribution < 1.29 is 33.3 Å². The molecule has 1 spiro atoms. The minimum Gasteiger partial charge on any atom is -0.497 e. The highest BCUT2D eigenvalue weighted by Crippen LogP contribution is 2.56. The Hall–Kier alpha value is -2.74. The highest BCUT2D eigenvalue weighted by Gasteiger charge is 2.60. The molecule has 4 heterocycles. The van der Waals surface area contributed by atoms with Crippen molar-refractivity contribution >= 4 is 11.9 Å². The normalized spacial score (nSPS) is 33.8. The van der Waals surface area contributed by atoms with Gasteiger partial charge in [0.1, 0.15) is 5.76 Å². The number of esters is 2. The molecule has 0 N–H and O–H groups in total. The van der Waals surface area contributed by atoms with Gasteiger partial charge in [0, 0.05) is 6.54 Å². The van der Waals surface area contributed by atoms with E-state index < -0.39 is 17.7 Å². The Morgan fingerprint density at radius 3 is 2.76 bits per heavy atom. The van der Waals surface area contributed by atoms with Gasteiger partial charge in [-0.2, -0.15) is 0 Å².